The van der Waals surface area contributed by atoms with E-state index in [0.29, 0.717) is 12.1 Å². The van der Waals surface area contributed by atoms with Crippen LogP contribution in [0.25, 0.3) is 0 Å². The van der Waals surface area contributed by atoms with E-state index in [1.165, 1.54) is 11.1 Å². The number of pyridine rings is 1. The van der Waals surface area contributed by atoms with E-state index < -0.39 is 0 Å². The van der Waals surface area contributed by atoms with Gasteiger partial charge in [-0.2, -0.15) is 0 Å². The van der Waals surface area contributed by atoms with Gasteiger partial charge in [0.2, 0.25) is 0 Å². The first-order valence-corrected chi connectivity index (χ1v) is 10.0. The maximum absolute atomic E-state index is 12.6. The van der Waals surface area contributed by atoms with Gasteiger partial charge in [-0.1, -0.05) is 24.3 Å². The fourth-order valence-electron chi connectivity index (χ4n) is 3.21. The molecule has 29 heavy (non-hydrogen) atoms. The van der Waals surface area contributed by atoms with Crippen LogP contribution in [-0.2, 0) is 6.54 Å². The Morgan fingerprint density at radius 3 is 2.38 bits per heavy atom. The maximum atomic E-state index is 12.6. The highest BCUT2D eigenvalue weighted by atomic mass is 16.1. The van der Waals surface area contributed by atoms with Gasteiger partial charge < -0.3 is 15.5 Å². The molecule has 1 aromatic heterocycles. The van der Waals surface area contributed by atoms with Crippen LogP contribution >= 0.6 is 0 Å². The number of aromatic nitrogens is 1. The van der Waals surface area contributed by atoms with Gasteiger partial charge in [0.25, 0.3) is 5.91 Å². The lowest BCUT2D eigenvalue weighted by atomic mass is 10.1. The number of nitrogens with zero attached hydrogens (tertiary/aromatic N) is 2. The number of carbonyl (C=O) groups excluding carboxylic acids is 1. The second-order valence-electron chi connectivity index (χ2n) is 6.92. The summed E-state index contributed by atoms with van der Waals surface area (Å²) in [6, 6.07) is 18.0. The van der Waals surface area contributed by atoms with Gasteiger partial charge in [-0.15, -0.1) is 0 Å². The van der Waals surface area contributed by atoms with E-state index in [0.717, 1.165) is 30.2 Å². The van der Waals surface area contributed by atoms with Gasteiger partial charge in [-0.3, -0.25) is 9.78 Å². The van der Waals surface area contributed by atoms with E-state index >= 15 is 0 Å². The molecule has 0 aliphatic rings. The van der Waals surface area contributed by atoms with Gasteiger partial charge in [-0.05, 0) is 62.2 Å². The second kappa shape index (κ2) is 9.73. The number of anilines is 3. The molecule has 0 bridgehead atoms. The minimum absolute atomic E-state index is 0.173. The van der Waals surface area contributed by atoms with Crippen molar-refractivity contribution in [2.45, 2.75) is 27.3 Å². The summed E-state index contributed by atoms with van der Waals surface area (Å²) in [6.45, 7) is 8.95. The zero-order valence-electron chi connectivity index (χ0n) is 17.3. The molecule has 1 amide bonds. The highest BCUT2D eigenvalue weighted by Crippen LogP contribution is 2.19. The Bertz CT molecular complexity index is 949. The first kappa shape index (κ1) is 20.4. The zero-order chi connectivity index (χ0) is 20.6. The molecule has 150 valence electrons. The Morgan fingerprint density at radius 2 is 1.69 bits per heavy atom. The van der Waals surface area contributed by atoms with Gasteiger partial charge >= 0.3 is 0 Å². The van der Waals surface area contributed by atoms with E-state index in [-0.39, 0.29) is 5.91 Å². The number of amides is 1. The lowest BCUT2D eigenvalue weighted by Crippen LogP contribution is -2.21. The predicted octanol–water partition coefficient (Wildman–Crippen LogP) is 5.10. The smallest absolute Gasteiger partial charge is 0.257 e. The van der Waals surface area contributed by atoms with Crippen molar-refractivity contribution in [3.05, 3.63) is 83.7 Å². The van der Waals surface area contributed by atoms with Gasteiger partial charge in [0.15, 0.2) is 0 Å². The van der Waals surface area contributed by atoms with Crippen molar-refractivity contribution < 1.29 is 4.79 Å². The third kappa shape index (κ3) is 5.35. The van der Waals surface area contributed by atoms with E-state index in [4.69, 9.17) is 0 Å². The summed E-state index contributed by atoms with van der Waals surface area (Å²) in [5.41, 5.74) is 5.71. The minimum Gasteiger partial charge on any atom is -0.380 e. The predicted molar refractivity (Wildman–Crippen MR) is 121 cm³/mol. The van der Waals surface area contributed by atoms with Crippen molar-refractivity contribution in [1.29, 1.82) is 0 Å². The first-order valence-electron chi connectivity index (χ1n) is 10.0. The van der Waals surface area contributed by atoms with Crippen LogP contribution in [0.15, 0.2) is 67.0 Å². The van der Waals surface area contributed by atoms with Gasteiger partial charge in [0.05, 0.1) is 11.3 Å². The molecule has 0 aliphatic heterocycles. The number of nitrogens with one attached hydrogen (secondary N) is 2. The van der Waals surface area contributed by atoms with Crippen molar-refractivity contribution in [2.75, 3.05) is 28.6 Å². The Labute approximate surface area is 172 Å². The highest BCUT2D eigenvalue weighted by molar-refractivity contribution is 6.04. The molecule has 0 fully saturated rings. The van der Waals surface area contributed by atoms with Crippen LogP contribution in [0.3, 0.4) is 0 Å². The van der Waals surface area contributed by atoms with Crippen molar-refractivity contribution in [3.8, 4) is 0 Å². The van der Waals surface area contributed by atoms with Crippen LogP contribution < -0.4 is 15.5 Å². The Kier molecular flexibility index (Phi) is 6.85. The largest absolute Gasteiger partial charge is 0.380 e. The highest BCUT2D eigenvalue weighted by Gasteiger charge is 2.09. The summed E-state index contributed by atoms with van der Waals surface area (Å²) in [7, 11) is 0. The molecule has 1 heterocycles. The summed E-state index contributed by atoms with van der Waals surface area (Å²) in [6.07, 6.45) is 3.31. The molecular formula is C24H28N4O. The van der Waals surface area contributed by atoms with Crippen LogP contribution in [-0.4, -0.2) is 24.0 Å². The molecule has 3 rings (SSSR count). The number of carbonyl (C=O) groups is 1. The number of hydrogen-bond donors (Lipinski definition) is 2. The molecule has 0 saturated heterocycles. The maximum Gasteiger partial charge on any atom is 0.257 e. The van der Waals surface area contributed by atoms with E-state index in [1.807, 2.05) is 42.5 Å². The molecule has 2 aromatic carbocycles. The quantitative estimate of drug-likeness (QED) is 0.564. The molecule has 0 saturated carbocycles. The van der Waals surface area contributed by atoms with E-state index in [9.17, 15) is 4.79 Å². The first-order chi connectivity index (χ1) is 14.1. The molecule has 0 spiro atoms. The average molecular weight is 389 g/mol. The molecule has 5 heteroatoms. The Balaban J connectivity index is 1.64. The van der Waals surface area contributed by atoms with Crippen molar-refractivity contribution in [3.63, 3.8) is 0 Å². The fourth-order valence-corrected chi connectivity index (χ4v) is 3.21. The van der Waals surface area contributed by atoms with Gasteiger partial charge in [0.1, 0.15) is 0 Å². The van der Waals surface area contributed by atoms with Crippen LogP contribution in [0, 0.1) is 6.92 Å². The molecule has 0 aliphatic carbocycles. The van der Waals surface area contributed by atoms with E-state index in [2.05, 4.69) is 53.4 Å². The average Bonchev–Trinajstić information content (AvgIpc) is 2.75. The monoisotopic (exact) mass is 388 g/mol. The number of benzene rings is 2. The summed E-state index contributed by atoms with van der Waals surface area (Å²) < 4.78 is 0. The Morgan fingerprint density at radius 1 is 0.966 bits per heavy atom. The second-order valence-corrected chi connectivity index (χ2v) is 6.92. The van der Waals surface area contributed by atoms with Gasteiger partial charge in [-0.25, -0.2) is 0 Å². The minimum atomic E-state index is -0.173. The molecular weight excluding hydrogens is 360 g/mol. The third-order valence-corrected chi connectivity index (χ3v) is 5.00. The van der Waals surface area contributed by atoms with Crippen molar-refractivity contribution >= 4 is 23.0 Å². The summed E-state index contributed by atoms with van der Waals surface area (Å²) in [4.78, 5) is 19.1. The summed E-state index contributed by atoms with van der Waals surface area (Å²) >= 11 is 0. The molecule has 0 atom stereocenters. The van der Waals surface area contributed by atoms with Crippen molar-refractivity contribution in [2.24, 2.45) is 0 Å². The number of hydrogen-bond acceptors (Lipinski definition) is 4. The lowest BCUT2D eigenvalue weighted by molar-refractivity contribution is 0.102. The fraction of sp³-hybridized carbons (Fsp3) is 0.250. The molecule has 0 unspecified atom stereocenters. The molecule has 5 nitrogen and oxygen atoms in total. The van der Waals surface area contributed by atoms with Crippen LogP contribution in [0.4, 0.5) is 17.1 Å². The molecule has 3 aromatic rings. The summed E-state index contributed by atoms with van der Waals surface area (Å²) in [5.74, 6) is -0.173. The SMILES string of the molecule is CCN(CC)c1ccc(NC(=O)c2cncc(NCc3ccccc3C)c2)cc1. The number of aryl methyl sites for hydroxylation is 1. The normalized spacial score (nSPS) is 10.4. The number of rotatable bonds is 8. The van der Waals surface area contributed by atoms with Crippen LogP contribution in [0.5, 0.6) is 0 Å². The standard InChI is InChI=1S/C24H28N4O/c1-4-28(5-2)23-12-10-21(11-13-23)27-24(29)20-14-22(17-25-15-20)26-16-19-9-7-6-8-18(19)3/h6-15,17,26H,4-5,16H2,1-3H3,(H,27,29). The molecule has 0 radical (unpaired) electrons. The van der Waals surface area contributed by atoms with E-state index in [1.54, 1.807) is 12.4 Å². The lowest BCUT2D eigenvalue weighted by Gasteiger charge is -2.21. The summed E-state index contributed by atoms with van der Waals surface area (Å²) in [5, 5.41) is 6.29. The molecule has 2 N–H and O–H groups in total. The van der Waals surface area contributed by atoms with Crippen LogP contribution in [0.1, 0.15) is 35.3 Å². The van der Waals surface area contributed by atoms with Gasteiger partial charge in [0, 0.05) is 43.4 Å². The third-order valence-electron chi connectivity index (χ3n) is 5.00. The zero-order valence-corrected chi connectivity index (χ0v) is 17.3. The topological polar surface area (TPSA) is 57.3 Å². The van der Waals surface area contributed by atoms with Crippen molar-refractivity contribution in [1.82, 2.24) is 4.98 Å². The Hall–Kier alpha value is -3.34. The van der Waals surface area contributed by atoms with Crippen LogP contribution in [0.2, 0.25) is 0 Å².